The Labute approximate surface area is 200 Å². The Balaban J connectivity index is 1.64. The van der Waals surface area contributed by atoms with E-state index in [0.717, 1.165) is 27.2 Å². The number of aromatic nitrogens is 3. The van der Waals surface area contributed by atoms with E-state index in [-0.39, 0.29) is 17.7 Å². The summed E-state index contributed by atoms with van der Waals surface area (Å²) in [4.78, 5) is 15.0. The maximum absolute atomic E-state index is 13.2. The van der Waals surface area contributed by atoms with Crippen LogP contribution in [0.4, 0.5) is 5.69 Å². The molecule has 5 nitrogen and oxygen atoms in total. The fraction of sp³-hybridized carbons (Fsp3) is 0.160. The number of rotatable bonds is 7. The van der Waals surface area contributed by atoms with E-state index in [9.17, 15) is 4.79 Å². The summed E-state index contributed by atoms with van der Waals surface area (Å²) in [5.41, 5.74) is 2.80. The number of thioether (sulfide) groups is 1. The van der Waals surface area contributed by atoms with Gasteiger partial charge in [-0.05, 0) is 50.2 Å². The lowest BCUT2D eigenvalue weighted by molar-refractivity contribution is -0.116. The van der Waals surface area contributed by atoms with Crippen molar-refractivity contribution >= 4 is 39.3 Å². The van der Waals surface area contributed by atoms with Gasteiger partial charge in [0.2, 0.25) is 5.91 Å². The van der Waals surface area contributed by atoms with Crippen LogP contribution in [-0.2, 0) is 4.79 Å². The van der Waals surface area contributed by atoms with Gasteiger partial charge in [0, 0.05) is 27.5 Å². The Hall–Kier alpha value is -2.90. The first-order valence-corrected chi connectivity index (χ1v) is 12.1. The molecule has 0 saturated heterocycles. The lowest BCUT2D eigenvalue weighted by Crippen LogP contribution is -2.38. The van der Waals surface area contributed by atoms with Crippen molar-refractivity contribution < 1.29 is 4.79 Å². The molecule has 0 aliphatic rings. The van der Waals surface area contributed by atoms with E-state index in [2.05, 4.69) is 26.1 Å². The number of nitrogens with zero attached hydrogens (tertiary/aromatic N) is 4. The number of halogens is 1. The van der Waals surface area contributed by atoms with Crippen LogP contribution >= 0.6 is 27.7 Å². The van der Waals surface area contributed by atoms with Gasteiger partial charge in [0.05, 0.1) is 5.75 Å². The zero-order chi connectivity index (χ0) is 22.5. The van der Waals surface area contributed by atoms with Crippen LogP contribution in [-0.4, -0.2) is 32.5 Å². The zero-order valence-corrected chi connectivity index (χ0v) is 20.3. The average Bonchev–Trinajstić information content (AvgIpc) is 3.23. The smallest absolute Gasteiger partial charge is 0.237 e. The highest BCUT2D eigenvalue weighted by Crippen LogP contribution is 2.29. The number of para-hydroxylation sites is 2. The molecule has 3 aromatic carbocycles. The summed E-state index contributed by atoms with van der Waals surface area (Å²) in [6, 6.07) is 27.8. The highest BCUT2D eigenvalue weighted by molar-refractivity contribution is 9.10. The first kappa shape index (κ1) is 22.3. The van der Waals surface area contributed by atoms with Gasteiger partial charge in [0.25, 0.3) is 0 Å². The second-order valence-electron chi connectivity index (χ2n) is 7.47. The predicted octanol–water partition coefficient (Wildman–Crippen LogP) is 6.23. The Kier molecular flexibility index (Phi) is 7.07. The van der Waals surface area contributed by atoms with Crippen LogP contribution in [0, 0.1) is 0 Å². The van der Waals surface area contributed by atoms with E-state index in [4.69, 9.17) is 0 Å². The summed E-state index contributed by atoms with van der Waals surface area (Å²) in [5.74, 6) is 1.03. The van der Waals surface area contributed by atoms with E-state index >= 15 is 0 Å². The van der Waals surface area contributed by atoms with Crippen molar-refractivity contribution in [2.45, 2.75) is 25.0 Å². The topological polar surface area (TPSA) is 51.0 Å². The highest BCUT2D eigenvalue weighted by atomic mass is 79.9. The molecule has 7 heteroatoms. The minimum atomic E-state index is 0.0315. The van der Waals surface area contributed by atoms with Gasteiger partial charge >= 0.3 is 0 Å². The molecule has 0 fully saturated rings. The van der Waals surface area contributed by atoms with Gasteiger partial charge in [-0.1, -0.05) is 76.2 Å². The number of carbonyl (C=O) groups is 1. The van der Waals surface area contributed by atoms with E-state index in [1.165, 1.54) is 11.8 Å². The maximum atomic E-state index is 13.2. The van der Waals surface area contributed by atoms with Crippen molar-refractivity contribution in [3.05, 3.63) is 89.4 Å². The average molecular weight is 507 g/mol. The third-order valence-electron chi connectivity index (χ3n) is 4.89. The minimum Gasteiger partial charge on any atom is -0.309 e. The molecular formula is C25H23BrN4OS. The van der Waals surface area contributed by atoms with Gasteiger partial charge in [-0.25, -0.2) is 0 Å². The number of benzene rings is 3. The molecule has 0 atom stereocenters. The van der Waals surface area contributed by atoms with Crippen molar-refractivity contribution in [1.82, 2.24) is 14.8 Å². The third kappa shape index (κ3) is 4.95. The molecule has 0 spiro atoms. The molecule has 0 unspecified atom stereocenters. The summed E-state index contributed by atoms with van der Waals surface area (Å²) in [7, 11) is 0. The lowest BCUT2D eigenvalue weighted by atomic mass is 10.2. The van der Waals surface area contributed by atoms with Gasteiger partial charge in [0.15, 0.2) is 11.0 Å². The maximum Gasteiger partial charge on any atom is 0.237 e. The SMILES string of the molecule is CC(C)N(C(=O)CSc1nnc(-c2ccc(Br)cc2)n1-c1ccccc1)c1ccccc1. The minimum absolute atomic E-state index is 0.0315. The molecule has 1 heterocycles. The monoisotopic (exact) mass is 506 g/mol. The largest absolute Gasteiger partial charge is 0.309 e. The molecule has 0 N–H and O–H groups in total. The van der Waals surface area contributed by atoms with Crippen LogP contribution in [0.15, 0.2) is 94.6 Å². The quantitative estimate of drug-likeness (QED) is 0.278. The first-order chi connectivity index (χ1) is 15.5. The first-order valence-electron chi connectivity index (χ1n) is 10.3. The molecule has 0 bridgehead atoms. The summed E-state index contributed by atoms with van der Waals surface area (Å²) in [6.45, 7) is 4.04. The Morgan fingerprint density at radius 3 is 2.19 bits per heavy atom. The summed E-state index contributed by atoms with van der Waals surface area (Å²) in [6.07, 6.45) is 0. The van der Waals surface area contributed by atoms with Gasteiger partial charge in [-0.3, -0.25) is 9.36 Å². The fourth-order valence-electron chi connectivity index (χ4n) is 3.47. The van der Waals surface area contributed by atoms with Crippen LogP contribution in [0.5, 0.6) is 0 Å². The van der Waals surface area contributed by atoms with E-state index in [0.29, 0.717) is 5.16 Å². The number of carbonyl (C=O) groups excluding carboxylic acids is 1. The number of hydrogen-bond donors (Lipinski definition) is 0. The molecule has 0 radical (unpaired) electrons. The van der Waals surface area contributed by atoms with Gasteiger partial charge < -0.3 is 4.90 Å². The predicted molar refractivity (Wildman–Crippen MR) is 134 cm³/mol. The number of anilines is 1. The summed E-state index contributed by atoms with van der Waals surface area (Å²) < 4.78 is 3.01. The Morgan fingerprint density at radius 1 is 0.938 bits per heavy atom. The molecule has 0 saturated carbocycles. The molecule has 1 aromatic heterocycles. The summed E-state index contributed by atoms with van der Waals surface area (Å²) in [5, 5.41) is 9.57. The van der Waals surface area contributed by atoms with Gasteiger partial charge in [-0.15, -0.1) is 10.2 Å². The second kappa shape index (κ2) is 10.1. The molecule has 162 valence electrons. The van der Waals surface area contributed by atoms with Crippen LogP contribution in [0.25, 0.3) is 17.1 Å². The van der Waals surface area contributed by atoms with Crippen LogP contribution < -0.4 is 4.90 Å². The van der Waals surface area contributed by atoms with Crippen molar-refractivity contribution in [3.8, 4) is 17.1 Å². The molecular weight excluding hydrogens is 484 g/mol. The number of hydrogen-bond acceptors (Lipinski definition) is 4. The lowest BCUT2D eigenvalue weighted by Gasteiger charge is -2.26. The van der Waals surface area contributed by atoms with Gasteiger partial charge in [0.1, 0.15) is 0 Å². The fourth-order valence-corrected chi connectivity index (χ4v) is 4.55. The summed E-state index contributed by atoms with van der Waals surface area (Å²) >= 11 is 4.88. The van der Waals surface area contributed by atoms with Crippen molar-refractivity contribution in [2.24, 2.45) is 0 Å². The van der Waals surface area contributed by atoms with E-state index in [1.54, 1.807) is 0 Å². The molecule has 4 rings (SSSR count). The number of amides is 1. The highest BCUT2D eigenvalue weighted by Gasteiger charge is 2.22. The van der Waals surface area contributed by atoms with Crippen LogP contribution in [0.3, 0.4) is 0 Å². The van der Waals surface area contributed by atoms with Gasteiger partial charge in [-0.2, -0.15) is 0 Å². The van der Waals surface area contributed by atoms with Crippen LogP contribution in [0.1, 0.15) is 13.8 Å². The molecule has 32 heavy (non-hydrogen) atoms. The Bertz CT molecular complexity index is 1180. The molecule has 0 aliphatic carbocycles. The molecule has 4 aromatic rings. The zero-order valence-electron chi connectivity index (χ0n) is 17.9. The second-order valence-corrected chi connectivity index (χ2v) is 9.32. The standard InChI is InChI=1S/C25H23BrN4OS/c1-18(2)29(21-9-5-3-6-10-21)23(31)17-32-25-28-27-24(19-13-15-20(26)16-14-19)30(25)22-11-7-4-8-12-22/h3-16,18H,17H2,1-2H3. The third-order valence-corrected chi connectivity index (χ3v) is 6.34. The Morgan fingerprint density at radius 2 is 1.56 bits per heavy atom. The van der Waals surface area contributed by atoms with E-state index < -0.39 is 0 Å². The van der Waals surface area contributed by atoms with Crippen molar-refractivity contribution in [1.29, 1.82) is 0 Å². The van der Waals surface area contributed by atoms with Crippen LogP contribution in [0.2, 0.25) is 0 Å². The van der Waals surface area contributed by atoms with Crippen molar-refractivity contribution in [3.63, 3.8) is 0 Å². The van der Waals surface area contributed by atoms with E-state index in [1.807, 2.05) is 108 Å². The van der Waals surface area contributed by atoms with Crippen molar-refractivity contribution in [2.75, 3.05) is 10.7 Å². The molecule has 1 amide bonds. The molecule has 0 aliphatic heterocycles. The normalized spacial score (nSPS) is 11.0.